The van der Waals surface area contributed by atoms with Gasteiger partial charge in [-0.05, 0) is 90.5 Å². The predicted molar refractivity (Wildman–Crippen MR) is 124 cm³/mol. The van der Waals surface area contributed by atoms with E-state index in [0.29, 0.717) is 23.3 Å². The number of carbonyl (C=O) groups is 2. The molecule has 4 aliphatic rings. The minimum Gasteiger partial charge on any atom is -0.456 e. The van der Waals surface area contributed by atoms with Crippen molar-refractivity contribution in [3.8, 4) is 0 Å². The number of benzene rings is 2. The maximum atomic E-state index is 12.9. The number of hydrogen-bond donors (Lipinski definition) is 0. The van der Waals surface area contributed by atoms with E-state index in [2.05, 4.69) is 20.8 Å². The summed E-state index contributed by atoms with van der Waals surface area (Å²) in [5.74, 6) is 2.05. The molecule has 0 aromatic heterocycles. The van der Waals surface area contributed by atoms with Crippen molar-refractivity contribution < 1.29 is 19.1 Å². The third kappa shape index (κ3) is 3.52. The van der Waals surface area contributed by atoms with Crippen LogP contribution in [0.2, 0.25) is 0 Å². The summed E-state index contributed by atoms with van der Waals surface area (Å²) in [6.45, 7) is 6.10. The lowest BCUT2D eigenvalue weighted by Gasteiger charge is -2.60. The van der Waals surface area contributed by atoms with E-state index >= 15 is 0 Å². The van der Waals surface area contributed by atoms with Crippen LogP contribution in [-0.4, -0.2) is 24.1 Å². The van der Waals surface area contributed by atoms with Crippen molar-refractivity contribution in [2.75, 3.05) is 6.61 Å². The fourth-order valence-corrected chi connectivity index (χ4v) is 7.25. The molecule has 0 heterocycles. The molecule has 6 rings (SSSR count). The molecule has 0 atom stereocenters. The lowest BCUT2D eigenvalue weighted by atomic mass is 9.49. The van der Waals surface area contributed by atoms with Crippen molar-refractivity contribution in [1.82, 2.24) is 0 Å². The Balaban J connectivity index is 1.29. The third-order valence-electron chi connectivity index (χ3n) is 8.50. The lowest BCUT2D eigenvalue weighted by Crippen LogP contribution is -2.59. The molecular formula is C28H34O4. The molecule has 0 unspecified atom stereocenters. The highest BCUT2D eigenvalue weighted by atomic mass is 16.6. The summed E-state index contributed by atoms with van der Waals surface area (Å²) in [5, 5.41) is 1.92. The molecule has 2 aromatic rings. The molecule has 4 aliphatic carbocycles. The van der Waals surface area contributed by atoms with Crippen LogP contribution in [0.15, 0.2) is 36.4 Å². The Kier molecular flexibility index (Phi) is 5.51. The van der Waals surface area contributed by atoms with Crippen LogP contribution in [0.25, 0.3) is 10.8 Å². The third-order valence-corrected chi connectivity index (χ3v) is 8.50. The number of ether oxygens (including phenoxy) is 2. The zero-order valence-corrected chi connectivity index (χ0v) is 19.4. The Labute approximate surface area is 190 Å². The molecule has 0 amide bonds. The molecule has 4 fully saturated rings. The second kappa shape index (κ2) is 8.20. The number of carbonyl (C=O) groups excluding carboxylic acids is 2. The van der Waals surface area contributed by atoms with Gasteiger partial charge < -0.3 is 9.47 Å². The van der Waals surface area contributed by atoms with Crippen molar-refractivity contribution in [2.24, 2.45) is 23.7 Å². The summed E-state index contributed by atoms with van der Waals surface area (Å²) in [5.41, 5.74) is 1.34. The Hall–Kier alpha value is -2.36. The highest BCUT2D eigenvalue weighted by Crippen LogP contribution is 2.60. The second-order valence-corrected chi connectivity index (χ2v) is 10.6. The first-order valence-electron chi connectivity index (χ1n) is 12.3. The minimum absolute atomic E-state index is 0.326. The molecule has 0 radical (unpaired) electrons. The summed E-state index contributed by atoms with van der Waals surface area (Å²) < 4.78 is 11.6. The van der Waals surface area contributed by atoms with Gasteiger partial charge >= 0.3 is 11.9 Å². The standard InChI is InChI=1S/C28H34O4/c1-4-28(20-12-18-11-19(14-20)15-21(28)13-18)32-26(29)16-31-27(30)25-10-9-22(17(2)3)23-7-5-6-8-24(23)25/h5-10,17-21H,4,11-16H2,1-3H3. The molecule has 2 aromatic carbocycles. The maximum absolute atomic E-state index is 12.9. The van der Waals surface area contributed by atoms with Crippen LogP contribution < -0.4 is 0 Å². The van der Waals surface area contributed by atoms with E-state index in [1.807, 2.05) is 36.4 Å². The molecule has 170 valence electrons. The smallest absolute Gasteiger partial charge is 0.344 e. The van der Waals surface area contributed by atoms with Gasteiger partial charge in [0.2, 0.25) is 0 Å². The number of fused-ring (bicyclic) bond motifs is 1. The van der Waals surface area contributed by atoms with E-state index < -0.39 is 11.9 Å². The second-order valence-electron chi connectivity index (χ2n) is 10.6. The van der Waals surface area contributed by atoms with Crippen molar-refractivity contribution in [3.63, 3.8) is 0 Å². The van der Waals surface area contributed by atoms with Gasteiger partial charge in [-0.3, -0.25) is 0 Å². The molecule has 4 nitrogen and oxygen atoms in total. The zero-order valence-electron chi connectivity index (χ0n) is 19.4. The van der Waals surface area contributed by atoms with E-state index in [-0.39, 0.29) is 12.2 Å². The van der Waals surface area contributed by atoms with Gasteiger partial charge in [0.15, 0.2) is 6.61 Å². The van der Waals surface area contributed by atoms with Crippen molar-refractivity contribution in [1.29, 1.82) is 0 Å². The topological polar surface area (TPSA) is 52.6 Å². The maximum Gasteiger partial charge on any atom is 0.344 e. The van der Waals surface area contributed by atoms with Crippen LogP contribution >= 0.6 is 0 Å². The molecular weight excluding hydrogens is 400 g/mol. The van der Waals surface area contributed by atoms with Crippen LogP contribution in [0.1, 0.15) is 81.1 Å². The average Bonchev–Trinajstić information content (AvgIpc) is 2.78. The molecule has 0 N–H and O–H groups in total. The van der Waals surface area contributed by atoms with Crippen molar-refractivity contribution in [2.45, 2.75) is 70.8 Å². The Morgan fingerprint density at radius 1 is 0.938 bits per heavy atom. The largest absolute Gasteiger partial charge is 0.456 e. The van der Waals surface area contributed by atoms with Gasteiger partial charge in [-0.25, -0.2) is 9.59 Å². The van der Waals surface area contributed by atoms with E-state index in [1.165, 1.54) is 37.7 Å². The fourth-order valence-electron chi connectivity index (χ4n) is 7.25. The van der Waals surface area contributed by atoms with Gasteiger partial charge in [-0.1, -0.05) is 51.1 Å². The van der Waals surface area contributed by atoms with Crippen LogP contribution in [-0.2, 0) is 14.3 Å². The fraction of sp³-hybridized carbons (Fsp3) is 0.571. The SMILES string of the molecule is CCC1(OC(=O)COC(=O)c2ccc(C(C)C)c3ccccc23)C2CC3CC(C2)CC1C3. The van der Waals surface area contributed by atoms with Crippen LogP contribution in [0.5, 0.6) is 0 Å². The Morgan fingerprint density at radius 2 is 1.56 bits per heavy atom. The van der Waals surface area contributed by atoms with Crippen LogP contribution in [0.3, 0.4) is 0 Å². The lowest BCUT2D eigenvalue weighted by molar-refractivity contribution is -0.212. The Morgan fingerprint density at radius 3 is 2.16 bits per heavy atom. The highest BCUT2D eigenvalue weighted by molar-refractivity contribution is 6.06. The number of hydrogen-bond acceptors (Lipinski definition) is 4. The summed E-state index contributed by atoms with van der Waals surface area (Å²) in [4.78, 5) is 25.7. The molecule has 0 aliphatic heterocycles. The van der Waals surface area contributed by atoms with E-state index in [1.54, 1.807) is 0 Å². The summed E-state index contributed by atoms with van der Waals surface area (Å²) in [6.07, 6.45) is 6.94. The molecule has 0 saturated heterocycles. The van der Waals surface area contributed by atoms with Gasteiger partial charge in [0.25, 0.3) is 0 Å². The monoisotopic (exact) mass is 434 g/mol. The highest BCUT2D eigenvalue weighted by Gasteiger charge is 2.58. The van der Waals surface area contributed by atoms with Crippen molar-refractivity contribution in [3.05, 3.63) is 47.5 Å². The van der Waals surface area contributed by atoms with Crippen LogP contribution in [0.4, 0.5) is 0 Å². The molecule has 0 spiro atoms. The zero-order chi connectivity index (χ0) is 22.5. The van der Waals surface area contributed by atoms with Gasteiger partial charge in [-0.15, -0.1) is 0 Å². The van der Waals surface area contributed by atoms with Crippen LogP contribution in [0, 0.1) is 23.7 Å². The molecule has 4 saturated carbocycles. The summed E-state index contributed by atoms with van der Waals surface area (Å²) in [7, 11) is 0. The predicted octanol–water partition coefficient (Wildman–Crippen LogP) is 6.27. The normalized spacial score (nSPS) is 30.6. The minimum atomic E-state index is -0.468. The van der Waals surface area contributed by atoms with E-state index in [4.69, 9.17) is 9.47 Å². The number of rotatable bonds is 6. The van der Waals surface area contributed by atoms with Gasteiger partial charge in [0, 0.05) is 0 Å². The van der Waals surface area contributed by atoms with Crippen molar-refractivity contribution >= 4 is 22.7 Å². The average molecular weight is 435 g/mol. The van der Waals surface area contributed by atoms with E-state index in [0.717, 1.165) is 29.0 Å². The molecule has 4 heteroatoms. The first-order chi connectivity index (χ1) is 15.4. The van der Waals surface area contributed by atoms with Gasteiger partial charge in [0.1, 0.15) is 5.60 Å². The summed E-state index contributed by atoms with van der Waals surface area (Å²) >= 11 is 0. The van der Waals surface area contributed by atoms with Gasteiger partial charge in [0.05, 0.1) is 5.56 Å². The quantitative estimate of drug-likeness (QED) is 0.503. The molecule has 32 heavy (non-hydrogen) atoms. The van der Waals surface area contributed by atoms with Gasteiger partial charge in [-0.2, -0.15) is 0 Å². The number of esters is 2. The summed E-state index contributed by atoms with van der Waals surface area (Å²) in [6, 6.07) is 11.7. The molecule has 4 bridgehead atoms. The first kappa shape index (κ1) is 21.5. The van der Waals surface area contributed by atoms with E-state index in [9.17, 15) is 9.59 Å². The first-order valence-corrected chi connectivity index (χ1v) is 12.3. The Bertz CT molecular complexity index is 1010.